The second-order valence-electron chi connectivity index (χ2n) is 6.18. The molecule has 3 N–H and O–H groups in total. The number of nitrogens with zero attached hydrogens (tertiary/aromatic N) is 1. The van der Waals surface area contributed by atoms with Gasteiger partial charge in [-0.3, -0.25) is 4.99 Å². The van der Waals surface area contributed by atoms with Gasteiger partial charge in [0.2, 0.25) is 0 Å². The van der Waals surface area contributed by atoms with E-state index in [1.54, 1.807) is 0 Å². The molecule has 0 unspecified atom stereocenters. The Bertz CT molecular complexity index is 467. The SMILES string of the molecule is Cc1ccc(NC(N)=NCC2(C3CC3)CCC2)cc1. The number of benzene rings is 1. The first kappa shape index (κ1) is 12.5. The molecule has 3 nitrogen and oxygen atoms in total. The molecule has 0 atom stereocenters. The second kappa shape index (κ2) is 4.87. The number of nitrogens with two attached hydrogens (primary N) is 1. The lowest BCUT2D eigenvalue weighted by atomic mass is 9.65. The van der Waals surface area contributed by atoms with Gasteiger partial charge in [-0.05, 0) is 56.1 Å². The fraction of sp³-hybridized carbons (Fsp3) is 0.562. The van der Waals surface area contributed by atoms with Crippen molar-refractivity contribution in [2.75, 3.05) is 11.9 Å². The fourth-order valence-corrected chi connectivity index (χ4v) is 3.09. The van der Waals surface area contributed by atoms with Crippen LogP contribution in [0, 0.1) is 18.3 Å². The predicted octanol–water partition coefficient (Wildman–Crippen LogP) is 3.30. The molecule has 0 spiro atoms. The van der Waals surface area contributed by atoms with Crippen molar-refractivity contribution in [3.8, 4) is 0 Å². The molecule has 0 radical (unpaired) electrons. The smallest absolute Gasteiger partial charge is 0.193 e. The van der Waals surface area contributed by atoms with Gasteiger partial charge in [0.15, 0.2) is 5.96 Å². The van der Waals surface area contributed by atoms with E-state index >= 15 is 0 Å². The average molecular weight is 257 g/mol. The number of guanidine groups is 1. The molecule has 2 aliphatic carbocycles. The van der Waals surface area contributed by atoms with Gasteiger partial charge in [0.05, 0.1) is 0 Å². The second-order valence-corrected chi connectivity index (χ2v) is 6.18. The van der Waals surface area contributed by atoms with Gasteiger partial charge in [-0.1, -0.05) is 24.1 Å². The zero-order valence-corrected chi connectivity index (χ0v) is 11.7. The van der Waals surface area contributed by atoms with Crippen LogP contribution in [-0.2, 0) is 0 Å². The van der Waals surface area contributed by atoms with Crippen LogP contribution in [0.2, 0.25) is 0 Å². The van der Waals surface area contributed by atoms with Gasteiger partial charge >= 0.3 is 0 Å². The largest absolute Gasteiger partial charge is 0.370 e. The summed E-state index contributed by atoms with van der Waals surface area (Å²) in [7, 11) is 0. The zero-order chi connectivity index (χ0) is 13.3. The van der Waals surface area contributed by atoms with Crippen molar-refractivity contribution in [1.82, 2.24) is 0 Å². The number of anilines is 1. The van der Waals surface area contributed by atoms with Crippen LogP contribution in [0.1, 0.15) is 37.7 Å². The van der Waals surface area contributed by atoms with Crippen LogP contribution in [0.3, 0.4) is 0 Å². The van der Waals surface area contributed by atoms with Crippen molar-refractivity contribution in [2.45, 2.75) is 39.0 Å². The first-order valence-corrected chi connectivity index (χ1v) is 7.32. The summed E-state index contributed by atoms with van der Waals surface area (Å²) in [5.41, 5.74) is 8.76. The van der Waals surface area contributed by atoms with Crippen molar-refractivity contribution in [3.05, 3.63) is 29.8 Å². The van der Waals surface area contributed by atoms with E-state index < -0.39 is 0 Å². The van der Waals surface area contributed by atoms with E-state index in [2.05, 4.69) is 29.4 Å². The van der Waals surface area contributed by atoms with Crippen LogP contribution < -0.4 is 11.1 Å². The van der Waals surface area contributed by atoms with Crippen LogP contribution in [0.4, 0.5) is 5.69 Å². The summed E-state index contributed by atoms with van der Waals surface area (Å²) in [6.45, 7) is 2.99. The van der Waals surface area contributed by atoms with Gasteiger partial charge in [0.25, 0.3) is 0 Å². The normalized spacial score (nSPS) is 21.8. The molecular formula is C16H23N3. The maximum Gasteiger partial charge on any atom is 0.193 e. The summed E-state index contributed by atoms with van der Waals surface area (Å²) in [6.07, 6.45) is 6.87. The molecule has 0 bridgehead atoms. The van der Waals surface area contributed by atoms with E-state index in [4.69, 9.17) is 5.73 Å². The maximum absolute atomic E-state index is 5.99. The third kappa shape index (κ3) is 2.75. The lowest BCUT2D eigenvalue weighted by Gasteiger charge is -2.41. The van der Waals surface area contributed by atoms with Crippen molar-refractivity contribution in [2.24, 2.45) is 22.1 Å². The van der Waals surface area contributed by atoms with E-state index in [0.29, 0.717) is 11.4 Å². The van der Waals surface area contributed by atoms with E-state index in [0.717, 1.165) is 18.2 Å². The Morgan fingerprint density at radius 3 is 2.53 bits per heavy atom. The minimum absolute atomic E-state index is 0.500. The molecule has 1 aromatic carbocycles. The summed E-state index contributed by atoms with van der Waals surface area (Å²) < 4.78 is 0. The Morgan fingerprint density at radius 1 is 1.32 bits per heavy atom. The molecule has 0 aliphatic heterocycles. The molecule has 19 heavy (non-hydrogen) atoms. The number of aliphatic imine (C=N–C) groups is 1. The molecule has 102 valence electrons. The Kier molecular flexibility index (Phi) is 3.21. The molecule has 0 aromatic heterocycles. The molecule has 3 heteroatoms. The predicted molar refractivity (Wildman–Crippen MR) is 80.3 cm³/mol. The molecule has 3 rings (SSSR count). The number of aryl methyl sites for hydroxylation is 1. The topological polar surface area (TPSA) is 50.4 Å². The number of rotatable bonds is 4. The van der Waals surface area contributed by atoms with Gasteiger partial charge in [-0.25, -0.2) is 0 Å². The van der Waals surface area contributed by atoms with Gasteiger partial charge in [0.1, 0.15) is 0 Å². The van der Waals surface area contributed by atoms with Crippen molar-refractivity contribution in [1.29, 1.82) is 0 Å². The Labute approximate surface area is 115 Å². The summed E-state index contributed by atoms with van der Waals surface area (Å²) >= 11 is 0. The first-order valence-electron chi connectivity index (χ1n) is 7.32. The monoisotopic (exact) mass is 257 g/mol. The van der Waals surface area contributed by atoms with Crippen LogP contribution in [-0.4, -0.2) is 12.5 Å². The van der Waals surface area contributed by atoms with Crippen molar-refractivity contribution < 1.29 is 0 Å². The van der Waals surface area contributed by atoms with E-state index in [1.165, 1.54) is 37.7 Å². The lowest BCUT2D eigenvalue weighted by Crippen LogP contribution is -2.36. The van der Waals surface area contributed by atoms with Gasteiger partial charge in [-0.15, -0.1) is 0 Å². The van der Waals surface area contributed by atoms with E-state index in [-0.39, 0.29) is 0 Å². The summed E-state index contributed by atoms with van der Waals surface area (Å²) in [4.78, 5) is 4.58. The van der Waals surface area contributed by atoms with Crippen LogP contribution in [0.15, 0.2) is 29.3 Å². The summed E-state index contributed by atoms with van der Waals surface area (Å²) in [6, 6.07) is 8.23. The first-order chi connectivity index (χ1) is 9.18. The van der Waals surface area contributed by atoms with Crippen LogP contribution in [0.25, 0.3) is 0 Å². The van der Waals surface area contributed by atoms with Crippen molar-refractivity contribution in [3.63, 3.8) is 0 Å². The molecule has 1 aromatic rings. The molecule has 0 saturated heterocycles. The molecule has 0 amide bonds. The Balaban J connectivity index is 1.58. The Morgan fingerprint density at radius 2 is 2.00 bits per heavy atom. The zero-order valence-electron chi connectivity index (χ0n) is 11.7. The Hall–Kier alpha value is -1.51. The molecule has 2 saturated carbocycles. The number of nitrogens with one attached hydrogen (secondary N) is 1. The van der Waals surface area contributed by atoms with E-state index in [1.807, 2.05) is 12.1 Å². The fourth-order valence-electron chi connectivity index (χ4n) is 3.09. The van der Waals surface area contributed by atoms with Crippen LogP contribution in [0.5, 0.6) is 0 Å². The highest BCUT2D eigenvalue weighted by Gasteiger charge is 2.48. The third-order valence-electron chi connectivity index (χ3n) is 4.68. The molecule has 2 aliphatic rings. The molecule has 0 heterocycles. The number of hydrogen-bond acceptors (Lipinski definition) is 1. The highest BCUT2D eigenvalue weighted by Crippen LogP contribution is 2.57. The minimum Gasteiger partial charge on any atom is -0.370 e. The summed E-state index contributed by atoms with van der Waals surface area (Å²) in [5, 5.41) is 3.18. The van der Waals surface area contributed by atoms with Crippen molar-refractivity contribution >= 4 is 11.6 Å². The standard InChI is InChI=1S/C16H23N3/c1-12-3-7-14(8-4-12)19-15(17)18-11-16(9-2-10-16)13-5-6-13/h3-4,7-8,13H,2,5-6,9-11H2,1H3,(H3,17,18,19). The highest BCUT2D eigenvalue weighted by molar-refractivity contribution is 5.92. The van der Waals surface area contributed by atoms with Crippen LogP contribution >= 0.6 is 0 Å². The third-order valence-corrected chi connectivity index (χ3v) is 4.68. The maximum atomic E-state index is 5.99. The minimum atomic E-state index is 0.500. The molecule has 2 fully saturated rings. The average Bonchev–Trinajstić information content (AvgIpc) is 3.15. The lowest BCUT2D eigenvalue weighted by molar-refractivity contribution is 0.113. The number of hydrogen-bond donors (Lipinski definition) is 2. The quantitative estimate of drug-likeness (QED) is 0.642. The van der Waals surface area contributed by atoms with Gasteiger partial charge in [-0.2, -0.15) is 0 Å². The van der Waals surface area contributed by atoms with Gasteiger partial charge in [0, 0.05) is 12.2 Å². The summed E-state index contributed by atoms with van der Waals surface area (Å²) in [5.74, 6) is 1.48. The van der Waals surface area contributed by atoms with Gasteiger partial charge < -0.3 is 11.1 Å². The highest BCUT2D eigenvalue weighted by atomic mass is 15.1. The molecular weight excluding hydrogens is 234 g/mol. The van der Waals surface area contributed by atoms with E-state index in [9.17, 15) is 0 Å².